The Kier molecular flexibility index (Phi) is 5.33. The molecule has 2 aromatic rings. The Bertz CT molecular complexity index is 604. The second-order valence-electron chi connectivity index (χ2n) is 5.28. The van der Waals surface area contributed by atoms with Crippen LogP contribution in [-0.2, 0) is 4.74 Å². The van der Waals surface area contributed by atoms with Gasteiger partial charge in [0.2, 0.25) is 5.88 Å². The Labute approximate surface area is 135 Å². The molecule has 1 atom stereocenters. The molecule has 1 N–H and O–H groups in total. The van der Waals surface area contributed by atoms with E-state index in [4.69, 9.17) is 9.47 Å². The van der Waals surface area contributed by atoms with Crippen molar-refractivity contribution in [1.29, 1.82) is 0 Å². The highest BCUT2D eigenvalue weighted by molar-refractivity contribution is 5.37. The van der Waals surface area contributed by atoms with Gasteiger partial charge in [-0.1, -0.05) is 6.07 Å². The lowest BCUT2D eigenvalue weighted by Gasteiger charge is -2.34. The van der Waals surface area contributed by atoms with Crippen LogP contribution in [0.5, 0.6) is 5.88 Å². The van der Waals surface area contributed by atoms with Crippen LogP contribution in [0.3, 0.4) is 0 Å². The summed E-state index contributed by atoms with van der Waals surface area (Å²) in [5.74, 6) is 1.30. The summed E-state index contributed by atoms with van der Waals surface area (Å²) in [6.45, 7) is 4.07. The average molecular weight is 315 g/mol. The van der Waals surface area contributed by atoms with E-state index in [1.165, 1.54) is 11.9 Å². The number of anilines is 1. The maximum Gasteiger partial charge on any atom is 0.218 e. The molecule has 7 nitrogen and oxygen atoms in total. The Morgan fingerprint density at radius 2 is 2.22 bits per heavy atom. The SMILES string of the molecule is COc1cc(NCC(c2cccnc2)N2CCOCC2)ncn1. The maximum absolute atomic E-state index is 5.46. The molecule has 7 heteroatoms. The molecular formula is C16H21N5O2. The first-order valence-corrected chi connectivity index (χ1v) is 7.68. The predicted octanol–water partition coefficient (Wildman–Crippen LogP) is 1.37. The van der Waals surface area contributed by atoms with E-state index in [0.717, 1.165) is 38.7 Å². The molecule has 0 aromatic carbocycles. The number of morpholine rings is 1. The first-order chi connectivity index (χ1) is 11.4. The summed E-state index contributed by atoms with van der Waals surface area (Å²) in [6, 6.07) is 6.08. The van der Waals surface area contributed by atoms with Crippen molar-refractivity contribution < 1.29 is 9.47 Å². The molecule has 2 aromatic heterocycles. The van der Waals surface area contributed by atoms with Gasteiger partial charge in [0, 0.05) is 38.1 Å². The van der Waals surface area contributed by atoms with Crippen LogP contribution in [0.4, 0.5) is 5.82 Å². The number of aromatic nitrogens is 3. The molecule has 0 aliphatic carbocycles. The van der Waals surface area contributed by atoms with Crippen LogP contribution in [-0.4, -0.2) is 59.8 Å². The smallest absolute Gasteiger partial charge is 0.218 e. The van der Waals surface area contributed by atoms with Crippen molar-refractivity contribution in [2.45, 2.75) is 6.04 Å². The van der Waals surface area contributed by atoms with Crippen molar-refractivity contribution in [1.82, 2.24) is 19.9 Å². The highest BCUT2D eigenvalue weighted by atomic mass is 16.5. The number of nitrogens with one attached hydrogen (secondary N) is 1. The molecule has 1 aliphatic heterocycles. The van der Waals surface area contributed by atoms with E-state index in [1.807, 2.05) is 12.3 Å². The fraction of sp³-hybridized carbons (Fsp3) is 0.438. The number of rotatable bonds is 6. The zero-order chi connectivity index (χ0) is 15.9. The normalized spacial score (nSPS) is 16.7. The summed E-state index contributed by atoms with van der Waals surface area (Å²) >= 11 is 0. The fourth-order valence-corrected chi connectivity index (χ4v) is 2.67. The molecule has 1 aliphatic rings. The molecule has 1 saturated heterocycles. The van der Waals surface area contributed by atoms with Crippen molar-refractivity contribution in [2.75, 3.05) is 45.3 Å². The average Bonchev–Trinajstić information content (AvgIpc) is 2.64. The highest BCUT2D eigenvalue weighted by Gasteiger charge is 2.22. The summed E-state index contributed by atoms with van der Waals surface area (Å²) in [5.41, 5.74) is 1.18. The van der Waals surface area contributed by atoms with Gasteiger partial charge in [0.05, 0.1) is 26.4 Å². The minimum absolute atomic E-state index is 0.216. The molecule has 0 radical (unpaired) electrons. The third kappa shape index (κ3) is 4.14. The quantitative estimate of drug-likeness (QED) is 0.863. The molecule has 1 fully saturated rings. The van der Waals surface area contributed by atoms with Gasteiger partial charge in [0.25, 0.3) is 0 Å². The number of hydrogen-bond donors (Lipinski definition) is 1. The molecule has 1 unspecified atom stereocenters. The summed E-state index contributed by atoms with van der Waals surface area (Å²) in [7, 11) is 1.60. The Morgan fingerprint density at radius 1 is 1.35 bits per heavy atom. The van der Waals surface area contributed by atoms with Crippen molar-refractivity contribution in [2.24, 2.45) is 0 Å². The van der Waals surface area contributed by atoms with Gasteiger partial charge in [-0.2, -0.15) is 0 Å². The van der Waals surface area contributed by atoms with Crippen LogP contribution in [0.25, 0.3) is 0 Å². The lowest BCUT2D eigenvalue weighted by molar-refractivity contribution is 0.0186. The molecule has 0 spiro atoms. The van der Waals surface area contributed by atoms with E-state index in [9.17, 15) is 0 Å². The molecule has 23 heavy (non-hydrogen) atoms. The summed E-state index contributed by atoms with van der Waals surface area (Å²) < 4.78 is 10.6. The van der Waals surface area contributed by atoms with Gasteiger partial charge in [-0.15, -0.1) is 0 Å². The van der Waals surface area contributed by atoms with Crippen LogP contribution >= 0.6 is 0 Å². The lowest BCUT2D eigenvalue weighted by Crippen LogP contribution is -2.41. The molecule has 3 rings (SSSR count). The van der Waals surface area contributed by atoms with Gasteiger partial charge in [0.15, 0.2) is 0 Å². The third-order valence-electron chi connectivity index (χ3n) is 3.88. The minimum atomic E-state index is 0.216. The van der Waals surface area contributed by atoms with Gasteiger partial charge in [-0.25, -0.2) is 9.97 Å². The standard InChI is InChI=1S/C16H21N5O2/c1-22-16-9-15(19-12-20-16)18-11-14(13-3-2-4-17-10-13)21-5-7-23-8-6-21/h2-4,9-10,12,14H,5-8,11H2,1H3,(H,18,19,20). The second-order valence-corrected chi connectivity index (χ2v) is 5.28. The van der Waals surface area contributed by atoms with Crippen LogP contribution in [0.2, 0.25) is 0 Å². The van der Waals surface area contributed by atoms with Gasteiger partial charge in [-0.05, 0) is 11.6 Å². The topological polar surface area (TPSA) is 72.4 Å². The van der Waals surface area contributed by atoms with Gasteiger partial charge >= 0.3 is 0 Å². The van der Waals surface area contributed by atoms with E-state index in [-0.39, 0.29) is 6.04 Å². The molecule has 0 saturated carbocycles. The summed E-state index contributed by atoms with van der Waals surface area (Å²) in [5, 5.41) is 3.37. The second kappa shape index (κ2) is 7.85. The van der Waals surface area contributed by atoms with Crippen molar-refractivity contribution >= 4 is 5.82 Å². The van der Waals surface area contributed by atoms with Gasteiger partial charge in [0.1, 0.15) is 12.1 Å². The predicted molar refractivity (Wildman–Crippen MR) is 86.4 cm³/mol. The van der Waals surface area contributed by atoms with Gasteiger partial charge in [-0.3, -0.25) is 9.88 Å². The largest absolute Gasteiger partial charge is 0.481 e. The zero-order valence-electron chi connectivity index (χ0n) is 13.2. The Morgan fingerprint density at radius 3 is 2.96 bits per heavy atom. The number of pyridine rings is 1. The number of ether oxygens (including phenoxy) is 2. The number of methoxy groups -OCH3 is 1. The van der Waals surface area contributed by atoms with Crippen LogP contribution in [0.15, 0.2) is 36.9 Å². The third-order valence-corrected chi connectivity index (χ3v) is 3.88. The van der Waals surface area contributed by atoms with E-state index >= 15 is 0 Å². The number of nitrogens with zero attached hydrogens (tertiary/aromatic N) is 4. The summed E-state index contributed by atoms with van der Waals surface area (Å²) in [6.07, 6.45) is 5.21. The maximum atomic E-state index is 5.46. The first kappa shape index (κ1) is 15.6. The van der Waals surface area contributed by atoms with E-state index in [2.05, 4.69) is 31.2 Å². The number of hydrogen-bond acceptors (Lipinski definition) is 7. The first-order valence-electron chi connectivity index (χ1n) is 7.68. The van der Waals surface area contributed by atoms with Crippen LogP contribution in [0, 0.1) is 0 Å². The van der Waals surface area contributed by atoms with Crippen molar-refractivity contribution in [3.63, 3.8) is 0 Å². The molecular weight excluding hydrogens is 294 g/mol. The molecule has 122 valence electrons. The van der Waals surface area contributed by atoms with Crippen molar-refractivity contribution in [3.05, 3.63) is 42.5 Å². The Hall–Kier alpha value is -2.25. The van der Waals surface area contributed by atoms with E-state index in [0.29, 0.717) is 5.88 Å². The monoisotopic (exact) mass is 315 g/mol. The fourth-order valence-electron chi connectivity index (χ4n) is 2.67. The minimum Gasteiger partial charge on any atom is -0.481 e. The molecule has 0 amide bonds. The molecule has 3 heterocycles. The zero-order valence-corrected chi connectivity index (χ0v) is 13.2. The van der Waals surface area contributed by atoms with Gasteiger partial charge < -0.3 is 14.8 Å². The lowest BCUT2D eigenvalue weighted by atomic mass is 10.1. The highest BCUT2D eigenvalue weighted by Crippen LogP contribution is 2.22. The Balaban J connectivity index is 1.72. The van der Waals surface area contributed by atoms with Crippen molar-refractivity contribution in [3.8, 4) is 5.88 Å². The molecule has 0 bridgehead atoms. The van der Waals surface area contributed by atoms with Crippen LogP contribution < -0.4 is 10.1 Å². The summed E-state index contributed by atoms with van der Waals surface area (Å²) in [4.78, 5) is 14.9. The van der Waals surface area contributed by atoms with E-state index < -0.39 is 0 Å². The van der Waals surface area contributed by atoms with Crippen LogP contribution in [0.1, 0.15) is 11.6 Å². The van der Waals surface area contributed by atoms with E-state index in [1.54, 1.807) is 19.4 Å².